The normalized spacial score (nSPS) is 13.0. The van der Waals surface area contributed by atoms with E-state index in [0.29, 0.717) is 19.3 Å². The summed E-state index contributed by atoms with van der Waals surface area (Å²) in [5.74, 6) is -0.128. The summed E-state index contributed by atoms with van der Waals surface area (Å²) < 4.78 is 16.2. The van der Waals surface area contributed by atoms with E-state index in [1.54, 1.807) is 0 Å². The number of halogens is 1. The first kappa shape index (κ1) is 26.5. The summed E-state index contributed by atoms with van der Waals surface area (Å²) in [5.41, 5.74) is 7.28. The van der Waals surface area contributed by atoms with Crippen LogP contribution in [0.15, 0.2) is 84.9 Å². The fraction of sp³-hybridized carbons (Fsp3) is 0.281. The Hall–Kier alpha value is -3.54. The molecule has 2 atom stereocenters. The molecule has 0 aliphatic carbocycles. The number of benzene rings is 3. The number of aliphatic hydroxyl groups excluding tert-OH is 2. The molecule has 2 N–H and O–H groups in total. The van der Waals surface area contributed by atoms with Gasteiger partial charge in [-0.25, -0.2) is 4.39 Å². The van der Waals surface area contributed by atoms with Crippen molar-refractivity contribution in [3.8, 4) is 33.5 Å². The van der Waals surface area contributed by atoms with Crippen LogP contribution < -0.4 is 0 Å². The lowest BCUT2D eigenvalue weighted by atomic mass is 9.91. The number of nitrogens with zero attached hydrogens (tertiary/aromatic N) is 1. The van der Waals surface area contributed by atoms with Gasteiger partial charge in [0.25, 0.3) is 0 Å². The molecule has 3 aromatic carbocycles. The molecule has 1 aromatic heterocycles. The van der Waals surface area contributed by atoms with Crippen molar-refractivity contribution in [3.63, 3.8) is 0 Å². The minimum atomic E-state index is -0.856. The molecule has 0 saturated heterocycles. The molecular formula is C32H34FNO3. The van der Waals surface area contributed by atoms with E-state index in [9.17, 15) is 19.4 Å². The first-order valence-electron chi connectivity index (χ1n) is 12.8. The molecular weight excluding hydrogens is 465 g/mol. The van der Waals surface area contributed by atoms with Gasteiger partial charge >= 0.3 is 0 Å². The highest BCUT2D eigenvalue weighted by Crippen LogP contribution is 2.47. The zero-order valence-corrected chi connectivity index (χ0v) is 21.3. The third-order valence-corrected chi connectivity index (χ3v) is 6.69. The number of carbonyl (C=O) groups excluding carboxylic acids is 1. The van der Waals surface area contributed by atoms with Gasteiger partial charge < -0.3 is 19.6 Å². The van der Waals surface area contributed by atoms with Crippen molar-refractivity contribution >= 4 is 6.29 Å². The van der Waals surface area contributed by atoms with Crippen molar-refractivity contribution < 1.29 is 19.4 Å². The molecule has 0 aliphatic heterocycles. The zero-order valence-electron chi connectivity index (χ0n) is 21.3. The van der Waals surface area contributed by atoms with E-state index in [2.05, 4.69) is 42.7 Å². The fourth-order valence-corrected chi connectivity index (χ4v) is 5.08. The van der Waals surface area contributed by atoms with Crippen molar-refractivity contribution in [2.75, 3.05) is 0 Å². The number of hydrogen-bond acceptors (Lipinski definition) is 3. The van der Waals surface area contributed by atoms with Gasteiger partial charge in [0.05, 0.1) is 17.9 Å². The van der Waals surface area contributed by atoms with Gasteiger partial charge in [-0.3, -0.25) is 0 Å². The average Bonchev–Trinajstić information content (AvgIpc) is 3.24. The smallest absolute Gasteiger partial charge is 0.123 e. The van der Waals surface area contributed by atoms with E-state index < -0.39 is 12.2 Å². The lowest BCUT2D eigenvalue weighted by molar-refractivity contribution is -0.109. The standard InChI is InChI=1S/C32H34FNO3/c1-22(2)31-29(23-9-5-3-6-10-23)30(24-13-15-26(33)16-14-24)32(25-11-7-4-8-12-25)34(31)19-17-27(36)21-28(37)18-20-35/h3-16,20,22,27-28,36-37H,17-19,21H2,1-2H3. The number of carbonyl (C=O) groups is 1. The second kappa shape index (κ2) is 12.1. The van der Waals surface area contributed by atoms with Crippen LogP contribution in [-0.4, -0.2) is 33.3 Å². The molecule has 192 valence electrons. The number of aldehydes is 1. The number of hydrogen-bond donors (Lipinski definition) is 2. The third-order valence-electron chi connectivity index (χ3n) is 6.69. The van der Waals surface area contributed by atoms with E-state index in [0.717, 1.165) is 39.2 Å². The Morgan fingerprint density at radius 3 is 1.92 bits per heavy atom. The van der Waals surface area contributed by atoms with Crippen LogP contribution in [0.2, 0.25) is 0 Å². The largest absolute Gasteiger partial charge is 0.393 e. The summed E-state index contributed by atoms with van der Waals surface area (Å²) in [4.78, 5) is 10.8. The second-order valence-electron chi connectivity index (χ2n) is 9.76. The van der Waals surface area contributed by atoms with Crippen molar-refractivity contribution in [3.05, 3.63) is 96.4 Å². The molecule has 0 amide bonds. The maximum absolute atomic E-state index is 14.0. The van der Waals surface area contributed by atoms with E-state index in [1.165, 1.54) is 12.1 Å². The summed E-state index contributed by atoms with van der Waals surface area (Å²) in [6.45, 7) is 4.84. The van der Waals surface area contributed by atoms with Crippen LogP contribution in [0.1, 0.15) is 44.7 Å². The van der Waals surface area contributed by atoms with Gasteiger partial charge in [-0.15, -0.1) is 0 Å². The van der Waals surface area contributed by atoms with Crippen molar-refractivity contribution in [1.82, 2.24) is 4.57 Å². The van der Waals surface area contributed by atoms with Crippen molar-refractivity contribution in [2.45, 2.75) is 57.8 Å². The molecule has 0 saturated carbocycles. The first-order chi connectivity index (χ1) is 17.9. The molecule has 4 aromatic rings. The van der Waals surface area contributed by atoms with Gasteiger partial charge in [-0.1, -0.05) is 86.6 Å². The molecule has 37 heavy (non-hydrogen) atoms. The average molecular weight is 500 g/mol. The van der Waals surface area contributed by atoms with Gasteiger partial charge in [-0.2, -0.15) is 0 Å². The number of rotatable bonds is 11. The molecule has 4 nitrogen and oxygen atoms in total. The van der Waals surface area contributed by atoms with Gasteiger partial charge in [0.15, 0.2) is 0 Å². The van der Waals surface area contributed by atoms with Crippen LogP contribution in [0.25, 0.3) is 33.5 Å². The fourth-order valence-electron chi connectivity index (χ4n) is 5.08. The number of aromatic nitrogens is 1. The Balaban J connectivity index is 1.95. The van der Waals surface area contributed by atoms with Crippen LogP contribution in [-0.2, 0) is 11.3 Å². The van der Waals surface area contributed by atoms with Crippen LogP contribution >= 0.6 is 0 Å². The van der Waals surface area contributed by atoms with Gasteiger partial charge in [-0.05, 0) is 47.6 Å². The van der Waals surface area contributed by atoms with Gasteiger partial charge in [0, 0.05) is 29.8 Å². The minimum absolute atomic E-state index is 0.0138. The highest BCUT2D eigenvalue weighted by molar-refractivity contribution is 5.96. The van der Waals surface area contributed by atoms with Crippen LogP contribution in [0.4, 0.5) is 4.39 Å². The van der Waals surface area contributed by atoms with Crippen LogP contribution in [0.5, 0.6) is 0 Å². The van der Waals surface area contributed by atoms with Gasteiger partial charge in [0.1, 0.15) is 12.1 Å². The summed E-state index contributed by atoms with van der Waals surface area (Å²) in [6.07, 6.45) is -0.357. The predicted molar refractivity (Wildman–Crippen MR) is 147 cm³/mol. The van der Waals surface area contributed by atoms with E-state index in [1.807, 2.05) is 48.5 Å². The Labute approximate surface area is 218 Å². The molecule has 4 rings (SSSR count). The Bertz CT molecular complexity index is 1300. The predicted octanol–water partition coefficient (Wildman–Crippen LogP) is 6.84. The molecule has 2 unspecified atom stereocenters. The van der Waals surface area contributed by atoms with E-state index >= 15 is 0 Å². The summed E-state index contributed by atoms with van der Waals surface area (Å²) in [7, 11) is 0. The van der Waals surface area contributed by atoms with E-state index in [4.69, 9.17) is 0 Å². The minimum Gasteiger partial charge on any atom is -0.393 e. The summed E-state index contributed by atoms with van der Waals surface area (Å²) in [5, 5.41) is 20.7. The third kappa shape index (κ3) is 6.07. The number of aliphatic hydroxyl groups is 2. The topological polar surface area (TPSA) is 62.5 Å². The molecule has 5 heteroatoms. The monoisotopic (exact) mass is 499 g/mol. The van der Waals surface area contributed by atoms with Crippen molar-refractivity contribution in [1.29, 1.82) is 0 Å². The maximum atomic E-state index is 14.0. The molecule has 0 aliphatic rings. The highest BCUT2D eigenvalue weighted by Gasteiger charge is 2.27. The molecule has 1 heterocycles. The van der Waals surface area contributed by atoms with Gasteiger partial charge in [0.2, 0.25) is 0 Å². The van der Waals surface area contributed by atoms with Crippen LogP contribution in [0.3, 0.4) is 0 Å². The highest BCUT2D eigenvalue weighted by atomic mass is 19.1. The molecule has 0 bridgehead atoms. The quantitative estimate of drug-likeness (QED) is 0.222. The SMILES string of the molecule is CC(C)c1c(-c2ccccc2)c(-c2ccc(F)cc2)c(-c2ccccc2)n1CCC(O)CC(O)CC=O. The molecule has 0 fully saturated rings. The van der Waals surface area contributed by atoms with E-state index in [-0.39, 0.29) is 24.6 Å². The molecule has 0 radical (unpaired) electrons. The maximum Gasteiger partial charge on any atom is 0.123 e. The van der Waals surface area contributed by atoms with Crippen molar-refractivity contribution in [2.24, 2.45) is 0 Å². The Morgan fingerprint density at radius 1 is 0.784 bits per heavy atom. The lowest BCUT2D eigenvalue weighted by Crippen LogP contribution is -2.20. The Kier molecular flexibility index (Phi) is 8.70. The second-order valence-corrected chi connectivity index (χ2v) is 9.76. The Morgan fingerprint density at radius 2 is 1.35 bits per heavy atom. The zero-order chi connectivity index (χ0) is 26.4. The molecule has 0 spiro atoms. The summed E-state index contributed by atoms with van der Waals surface area (Å²) >= 11 is 0. The lowest BCUT2D eigenvalue weighted by Gasteiger charge is -2.20. The van der Waals surface area contributed by atoms with Crippen LogP contribution in [0, 0.1) is 5.82 Å². The summed E-state index contributed by atoms with van der Waals surface area (Å²) in [6, 6.07) is 27.0. The first-order valence-corrected chi connectivity index (χ1v) is 12.8.